The number of ether oxygens (including phenoxy) is 2. The summed E-state index contributed by atoms with van der Waals surface area (Å²) >= 11 is 0. The average Bonchev–Trinajstić information content (AvgIpc) is 3.20. The van der Waals surface area contributed by atoms with Gasteiger partial charge in [-0.05, 0) is 36.0 Å². The first-order chi connectivity index (χ1) is 15.6. The van der Waals surface area contributed by atoms with Gasteiger partial charge in [0.1, 0.15) is 17.4 Å². The van der Waals surface area contributed by atoms with E-state index in [0.29, 0.717) is 37.7 Å². The normalized spacial score (nSPS) is 18.5. The number of nitrogens with zero attached hydrogens (tertiary/aromatic N) is 3. The Bertz CT molecular complexity index is 954. The Morgan fingerprint density at radius 2 is 1.94 bits per heavy atom. The lowest BCUT2D eigenvalue weighted by atomic mass is 9.86. The molecule has 0 saturated carbocycles. The van der Waals surface area contributed by atoms with Gasteiger partial charge in [-0.3, -0.25) is 4.79 Å². The molecule has 2 atom stereocenters. The van der Waals surface area contributed by atoms with Crippen LogP contribution in [-0.2, 0) is 11.2 Å². The number of alkyl halides is 3. The van der Waals surface area contributed by atoms with E-state index in [1.807, 2.05) is 18.7 Å². The number of aliphatic carboxylic acids is 1. The number of hydrogen-bond donors (Lipinski definition) is 2. The number of benzene rings is 1. The number of carboxylic acid groups (broad SMARTS) is 1. The van der Waals surface area contributed by atoms with Gasteiger partial charge in [0.15, 0.2) is 0 Å². The summed E-state index contributed by atoms with van der Waals surface area (Å²) in [6.45, 7) is 5.41. The van der Waals surface area contributed by atoms with Crippen LogP contribution in [0.3, 0.4) is 0 Å². The van der Waals surface area contributed by atoms with E-state index in [1.165, 1.54) is 19.2 Å². The van der Waals surface area contributed by atoms with Crippen LogP contribution >= 0.6 is 0 Å². The van der Waals surface area contributed by atoms with Gasteiger partial charge in [0.25, 0.3) is 0 Å². The van der Waals surface area contributed by atoms with E-state index < -0.39 is 18.2 Å². The third-order valence-electron chi connectivity index (χ3n) is 5.61. The summed E-state index contributed by atoms with van der Waals surface area (Å²) in [4.78, 5) is 22.3. The number of anilines is 2. The lowest BCUT2D eigenvalue weighted by molar-refractivity contribution is -0.274. The third-order valence-corrected chi connectivity index (χ3v) is 5.61. The molecule has 1 saturated heterocycles. The number of halogens is 3. The van der Waals surface area contributed by atoms with Crippen molar-refractivity contribution in [2.45, 2.75) is 26.6 Å². The molecule has 1 aliphatic heterocycles. The summed E-state index contributed by atoms with van der Waals surface area (Å²) in [6, 6.07) is 7.57. The summed E-state index contributed by atoms with van der Waals surface area (Å²) in [6.07, 6.45) is -4.18. The number of rotatable bonds is 9. The highest BCUT2D eigenvalue weighted by Crippen LogP contribution is 2.33. The number of carboxylic acids is 1. The van der Waals surface area contributed by atoms with E-state index in [0.717, 1.165) is 5.56 Å². The van der Waals surface area contributed by atoms with Gasteiger partial charge < -0.3 is 24.8 Å². The van der Waals surface area contributed by atoms with Gasteiger partial charge in [-0.25, -0.2) is 0 Å². The Hall–Kier alpha value is -3.24. The van der Waals surface area contributed by atoms with Gasteiger partial charge in [0, 0.05) is 25.7 Å². The number of aromatic nitrogens is 2. The van der Waals surface area contributed by atoms with Crippen molar-refractivity contribution in [2.24, 2.45) is 17.8 Å². The second-order valence-electron chi connectivity index (χ2n) is 8.22. The molecule has 0 spiro atoms. The highest BCUT2D eigenvalue weighted by atomic mass is 19.4. The molecule has 1 aliphatic rings. The first-order valence-electron chi connectivity index (χ1n) is 10.5. The van der Waals surface area contributed by atoms with Gasteiger partial charge in [0.05, 0.1) is 13.0 Å². The first kappa shape index (κ1) is 24.4. The zero-order valence-corrected chi connectivity index (χ0v) is 18.6. The second kappa shape index (κ2) is 10.1. The molecule has 33 heavy (non-hydrogen) atoms. The fourth-order valence-corrected chi connectivity index (χ4v) is 3.90. The molecule has 2 heterocycles. The molecule has 0 aliphatic carbocycles. The molecule has 2 aromatic rings. The van der Waals surface area contributed by atoms with Crippen molar-refractivity contribution >= 4 is 17.6 Å². The van der Waals surface area contributed by atoms with Crippen molar-refractivity contribution in [3.05, 3.63) is 35.9 Å². The van der Waals surface area contributed by atoms with Crippen LogP contribution in [0.1, 0.15) is 19.4 Å². The maximum absolute atomic E-state index is 12.3. The Morgan fingerprint density at radius 1 is 1.24 bits per heavy atom. The molecule has 8 nitrogen and oxygen atoms in total. The molecule has 11 heteroatoms. The van der Waals surface area contributed by atoms with Crippen LogP contribution in [0.2, 0.25) is 0 Å². The SMILES string of the molecule is COc1nc(NCCc2ccc(OC(F)(F)F)cc2)cc(N2CC(C(=O)O)[C@H](C(C)C)C2)n1. The maximum Gasteiger partial charge on any atom is 0.573 e. The number of methoxy groups -OCH3 is 1. The number of hydrogen-bond acceptors (Lipinski definition) is 7. The Balaban J connectivity index is 1.65. The molecule has 0 bridgehead atoms. The smallest absolute Gasteiger partial charge is 0.481 e. The predicted molar refractivity (Wildman–Crippen MR) is 116 cm³/mol. The molecule has 3 rings (SSSR count). The molecule has 1 aromatic carbocycles. The Morgan fingerprint density at radius 3 is 2.48 bits per heavy atom. The minimum Gasteiger partial charge on any atom is -0.481 e. The van der Waals surface area contributed by atoms with Crippen molar-refractivity contribution in [1.29, 1.82) is 0 Å². The Labute approximate surface area is 189 Å². The molecule has 0 amide bonds. The number of nitrogens with one attached hydrogen (secondary N) is 1. The highest BCUT2D eigenvalue weighted by molar-refractivity contribution is 5.72. The summed E-state index contributed by atoms with van der Waals surface area (Å²) in [5, 5.41) is 12.8. The standard InChI is InChI=1S/C22H27F3N4O4/c1-13(2)16-11-29(12-17(16)20(30)31)19-10-18(27-21(28-19)32-3)26-9-8-14-4-6-15(7-5-14)33-22(23,24)25/h4-7,10,13,16-17H,8-9,11-12H2,1-3H3,(H,30,31)(H,26,27,28)/t16-,17?/m0/s1. The first-order valence-corrected chi connectivity index (χ1v) is 10.5. The van der Waals surface area contributed by atoms with Gasteiger partial charge in [-0.15, -0.1) is 13.2 Å². The molecule has 2 N–H and O–H groups in total. The van der Waals surface area contributed by atoms with E-state index >= 15 is 0 Å². The van der Waals surface area contributed by atoms with Crippen molar-refractivity contribution in [3.8, 4) is 11.8 Å². The molecular formula is C22H27F3N4O4. The van der Waals surface area contributed by atoms with Crippen molar-refractivity contribution in [3.63, 3.8) is 0 Å². The van der Waals surface area contributed by atoms with Gasteiger partial charge >= 0.3 is 18.3 Å². The summed E-state index contributed by atoms with van der Waals surface area (Å²) in [5.41, 5.74) is 0.821. The van der Waals surface area contributed by atoms with Gasteiger partial charge in [-0.2, -0.15) is 9.97 Å². The monoisotopic (exact) mass is 468 g/mol. The van der Waals surface area contributed by atoms with Crippen LogP contribution in [0.5, 0.6) is 11.8 Å². The van der Waals surface area contributed by atoms with E-state index in [4.69, 9.17) is 4.74 Å². The molecular weight excluding hydrogens is 441 g/mol. The molecule has 0 radical (unpaired) electrons. The van der Waals surface area contributed by atoms with Crippen LogP contribution in [0.25, 0.3) is 0 Å². The molecule has 180 valence electrons. The van der Waals surface area contributed by atoms with Crippen LogP contribution in [0.15, 0.2) is 30.3 Å². The minimum absolute atomic E-state index is 0.00386. The molecule has 1 aromatic heterocycles. The summed E-state index contributed by atoms with van der Waals surface area (Å²) in [5.74, 6) is -0.265. The largest absolute Gasteiger partial charge is 0.573 e. The molecule has 1 unspecified atom stereocenters. The van der Waals surface area contributed by atoms with E-state index in [1.54, 1.807) is 18.2 Å². The second-order valence-corrected chi connectivity index (χ2v) is 8.22. The highest BCUT2D eigenvalue weighted by Gasteiger charge is 2.40. The average molecular weight is 468 g/mol. The maximum atomic E-state index is 12.3. The van der Waals surface area contributed by atoms with Gasteiger partial charge in [0.2, 0.25) is 0 Å². The minimum atomic E-state index is -4.72. The Kier molecular flexibility index (Phi) is 7.50. The quantitative estimate of drug-likeness (QED) is 0.573. The summed E-state index contributed by atoms with van der Waals surface area (Å²) in [7, 11) is 1.45. The third kappa shape index (κ3) is 6.62. The fourth-order valence-electron chi connectivity index (χ4n) is 3.90. The zero-order valence-electron chi connectivity index (χ0n) is 18.6. The molecule has 1 fully saturated rings. The van der Waals surface area contributed by atoms with Crippen LogP contribution in [-0.4, -0.2) is 54.2 Å². The predicted octanol–water partition coefficient (Wildman–Crippen LogP) is 3.83. The van der Waals surface area contributed by atoms with E-state index in [-0.39, 0.29) is 23.6 Å². The van der Waals surface area contributed by atoms with Crippen molar-refractivity contribution in [2.75, 3.05) is 37.0 Å². The zero-order chi connectivity index (χ0) is 24.2. The lowest BCUT2D eigenvalue weighted by Gasteiger charge is -2.20. The van der Waals surface area contributed by atoms with Crippen molar-refractivity contribution < 1.29 is 32.5 Å². The van der Waals surface area contributed by atoms with Crippen LogP contribution in [0.4, 0.5) is 24.8 Å². The lowest BCUT2D eigenvalue weighted by Crippen LogP contribution is -2.25. The topological polar surface area (TPSA) is 96.8 Å². The van der Waals surface area contributed by atoms with Crippen molar-refractivity contribution in [1.82, 2.24) is 9.97 Å². The summed E-state index contributed by atoms with van der Waals surface area (Å²) < 4.78 is 45.9. The van der Waals surface area contributed by atoms with E-state index in [2.05, 4.69) is 20.0 Å². The fraction of sp³-hybridized carbons (Fsp3) is 0.500. The number of carbonyl (C=O) groups is 1. The van der Waals surface area contributed by atoms with Crippen LogP contribution < -0.4 is 19.7 Å². The van der Waals surface area contributed by atoms with Gasteiger partial charge in [-0.1, -0.05) is 26.0 Å². The van der Waals surface area contributed by atoms with Crippen LogP contribution in [0, 0.1) is 17.8 Å². The van der Waals surface area contributed by atoms with E-state index in [9.17, 15) is 23.1 Å².